The molecular weight excluding hydrogens is 554 g/mol. The van der Waals surface area contributed by atoms with Gasteiger partial charge in [0.05, 0.1) is 22.7 Å². The maximum atomic E-state index is 14.8. The first-order chi connectivity index (χ1) is 20.1. The Balaban J connectivity index is 1.47. The number of carbonyl (C=O) groups is 2. The number of nitrogens with one attached hydrogen (secondary N) is 2. The molecule has 0 aliphatic carbocycles. The lowest BCUT2D eigenvalue weighted by atomic mass is 10.0. The third-order valence-electron chi connectivity index (χ3n) is 6.50. The largest absolute Gasteiger partial charge is 0.417 e. The van der Waals surface area contributed by atoms with Crippen LogP contribution in [0.1, 0.15) is 32.9 Å². The fourth-order valence-electron chi connectivity index (χ4n) is 4.57. The van der Waals surface area contributed by atoms with Crippen molar-refractivity contribution in [2.75, 3.05) is 5.32 Å². The van der Waals surface area contributed by atoms with Gasteiger partial charge in [-0.05, 0) is 31.2 Å². The Labute approximate surface area is 235 Å². The highest BCUT2D eigenvalue weighted by Gasteiger charge is 2.34. The molecule has 0 saturated carbocycles. The highest BCUT2D eigenvalue weighted by atomic mass is 19.4. The van der Waals surface area contributed by atoms with Crippen LogP contribution in [0.2, 0.25) is 0 Å². The molecule has 5 aromatic rings. The van der Waals surface area contributed by atoms with Crippen molar-refractivity contribution in [3.63, 3.8) is 0 Å². The highest BCUT2D eigenvalue weighted by molar-refractivity contribution is 6.20. The van der Waals surface area contributed by atoms with Gasteiger partial charge >= 0.3 is 6.18 Å². The summed E-state index contributed by atoms with van der Waals surface area (Å²) in [6.45, 7) is 1.66. The summed E-state index contributed by atoms with van der Waals surface area (Å²) in [5.41, 5.74) is 0.146. The van der Waals surface area contributed by atoms with Crippen LogP contribution in [0.5, 0.6) is 0 Å². The Bertz CT molecular complexity index is 1900. The standard InChI is InChI=1S/C29H19F4N7O2/c1-15-10-11-21-35-23(17-12-18(14-34-13-17)29(31,32)33)25(40(21)39-15)27(41)38-26-28(42)37-24-19(8-5-9-20(24)30)22(36-26)16-6-3-2-4-7-16/h2-14,26H,1H3,(H,37,42)(H,38,41)/t26-/m1/s1. The number of benzodiazepines with no additional fused rings is 1. The molecule has 0 bridgehead atoms. The molecule has 42 heavy (non-hydrogen) atoms. The number of benzene rings is 2. The van der Waals surface area contributed by atoms with Gasteiger partial charge in [-0.15, -0.1) is 0 Å². The molecule has 9 nitrogen and oxygen atoms in total. The van der Waals surface area contributed by atoms with Gasteiger partial charge < -0.3 is 10.6 Å². The summed E-state index contributed by atoms with van der Waals surface area (Å²) in [6, 6.07) is 16.9. The number of pyridine rings is 1. The summed E-state index contributed by atoms with van der Waals surface area (Å²) in [6.07, 6.45) is -4.44. The molecule has 3 aromatic heterocycles. The van der Waals surface area contributed by atoms with E-state index in [4.69, 9.17) is 0 Å². The van der Waals surface area contributed by atoms with Crippen molar-refractivity contribution >= 4 is 28.9 Å². The molecule has 4 heterocycles. The van der Waals surface area contributed by atoms with E-state index in [-0.39, 0.29) is 34.0 Å². The van der Waals surface area contributed by atoms with Crippen LogP contribution in [0.25, 0.3) is 16.9 Å². The third-order valence-corrected chi connectivity index (χ3v) is 6.50. The second kappa shape index (κ2) is 10.2. The van der Waals surface area contributed by atoms with Gasteiger partial charge in [0.25, 0.3) is 11.8 Å². The summed E-state index contributed by atoms with van der Waals surface area (Å²) in [4.78, 5) is 39.6. The van der Waals surface area contributed by atoms with E-state index in [1.807, 2.05) is 0 Å². The third kappa shape index (κ3) is 4.85. The van der Waals surface area contributed by atoms with E-state index < -0.39 is 35.5 Å². The van der Waals surface area contributed by atoms with Crippen LogP contribution in [0.4, 0.5) is 23.2 Å². The maximum Gasteiger partial charge on any atom is 0.417 e. The Morgan fingerprint density at radius 2 is 1.79 bits per heavy atom. The van der Waals surface area contributed by atoms with Gasteiger partial charge in [0.2, 0.25) is 6.17 Å². The number of hydrogen-bond acceptors (Lipinski definition) is 6. The number of nitrogens with zero attached hydrogens (tertiary/aromatic N) is 5. The van der Waals surface area contributed by atoms with Gasteiger partial charge in [-0.1, -0.05) is 42.5 Å². The molecule has 2 aromatic carbocycles. The molecule has 0 radical (unpaired) electrons. The van der Waals surface area contributed by atoms with E-state index in [9.17, 15) is 27.2 Å². The zero-order valence-electron chi connectivity index (χ0n) is 21.6. The summed E-state index contributed by atoms with van der Waals surface area (Å²) >= 11 is 0. The molecule has 6 rings (SSSR count). The number of amides is 2. The fraction of sp³-hybridized carbons (Fsp3) is 0.103. The number of halogens is 4. The fourth-order valence-corrected chi connectivity index (χ4v) is 4.57. The molecule has 2 N–H and O–H groups in total. The van der Waals surface area contributed by atoms with E-state index in [0.717, 1.165) is 12.3 Å². The van der Waals surface area contributed by atoms with Crippen LogP contribution in [-0.2, 0) is 11.0 Å². The monoisotopic (exact) mass is 573 g/mol. The Hall–Kier alpha value is -5.46. The van der Waals surface area contributed by atoms with Crippen LogP contribution in [0, 0.1) is 12.7 Å². The number of aliphatic imine (C=N–C) groups is 1. The van der Waals surface area contributed by atoms with Crippen molar-refractivity contribution in [2.45, 2.75) is 19.3 Å². The Morgan fingerprint density at radius 1 is 1.00 bits per heavy atom. The lowest BCUT2D eigenvalue weighted by Crippen LogP contribution is -2.43. The number of para-hydroxylation sites is 1. The second-order valence-corrected chi connectivity index (χ2v) is 9.39. The molecule has 1 atom stereocenters. The topological polar surface area (TPSA) is 114 Å². The number of aromatic nitrogens is 4. The number of rotatable bonds is 4. The van der Waals surface area contributed by atoms with Gasteiger partial charge in [-0.25, -0.2) is 18.9 Å². The van der Waals surface area contributed by atoms with E-state index in [0.29, 0.717) is 23.0 Å². The van der Waals surface area contributed by atoms with Gasteiger partial charge in [0.1, 0.15) is 11.5 Å². The first kappa shape index (κ1) is 26.7. The van der Waals surface area contributed by atoms with Crippen LogP contribution >= 0.6 is 0 Å². The summed E-state index contributed by atoms with van der Waals surface area (Å²) in [5.74, 6) is -2.44. The van der Waals surface area contributed by atoms with Crippen LogP contribution < -0.4 is 10.6 Å². The van der Waals surface area contributed by atoms with Crippen molar-refractivity contribution in [3.05, 3.63) is 113 Å². The molecule has 0 saturated heterocycles. The van der Waals surface area contributed by atoms with Crippen molar-refractivity contribution in [1.82, 2.24) is 24.9 Å². The van der Waals surface area contributed by atoms with Crippen LogP contribution in [-0.4, -0.2) is 43.3 Å². The van der Waals surface area contributed by atoms with Crippen molar-refractivity contribution < 1.29 is 27.2 Å². The Kier molecular flexibility index (Phi) is 6.48. The number of aryl methyl sites for hydroxylation is 1. The predicted octanol–water partition coefficient (Wildman–Crippen LogP) is 4.80. The molecule has 0 unspecified atom stereocenters. The average Bonchev–Trinajstić information content (AvgIpc) is 3.28. The van der Waals surface area contributed by atoms with Gasteiger partial charge in [0, 0.05) is 29.1 Å². The molecule has 13 heteroatoms. The maximum absolute atomic E-state index is 14.8. The number of alkyl halides is 3. The zero-order valence-corrected chi connectivity index (χ0v) is 21.6. The number of anilines is 1. The summed E-state index contributed by atoms with van der Waals surface area (Å²) < 4.78 is 56.4. The number of imidazole rings is 1. The van der Waals surface area contributed by atoms with E-state index in [2.05, 4.69) is 30.7 Å². The summed E-state index contributed by atoms with van der Waals surface area (Å²) in [5, 5.41) is 9.33. The van der Waals surface area contributed by atoms with E-state index in [1.54, 1.807) is 55.5 Å². The minimum absolute atomic E-state index is 0.0913. The van der Waals surface area contributed by atoms with Gasteiger partial charge in [-0.2, -0.15) is 18.3 Å². The molecule has 210 valence electrons. The second-order valence-electron chi connectivity index (χ2n) is 9.39. The Morgan fingerprint density at radius 3 is 2.55 bits per heavy atom. The minimum Gasteiger partial charge on any atom is -0.321 e. The molecule has 2 amide bonds. The lowest BCUT2D eigenvalue weighted by molar-refractivity contribution is -0.137. The normalized spacial score (nSPS) is 15.0. The van der Waals surface area contributed by atoms with E-state index >= 15 is 0 Å². The molecular formula is C29H19F4N7O2. The van der Waals surface area contributed by atoms with Crippen molar-refractivity contribution in [1.29, 1.82) is 0 Å². The highest BCUT2D eigenvalue weighted by Crippen LogP contribution is 2.33. The molecule has 0 fully saturated rings. The quantitative estimate of drug-likeness (QED) is 0.300. The van der Waals surface area contributed by atoms with Gasteiger partial charge in [-0.3, -0.25) is 14.6 Å². The summed E-state index contributed by atoms with van der Waals surface area (Å²) in [7, 11) is 0. The first-order valence-electron chi connectivity index (χ1n) is 12.5. The van der Waals surface area contributed by atoms with Crippen molar-refractivity contribution in [3.8, 4) is 11.3 Å². The average molecular weight is 574 g/mol. The lowest BCUT2D eigenvalue weighted by Gasteiger charge is -2.14. The minimum atomic E-state index is -4.69. The number of carbonyl (C=O) groups excluding carboxylic acids is 2. The predicted molar refractivity (Wildman–Crippen MR) is 144 cm³/mol. The first-order valence-corrected chi connectivity index (χ1v) is 12.5. The SMILES string of the molecule is Cc1ccc2nc(-c3cncc(C(F)(F)F)c3)c(C(=O)N[C@H]3N=C(c4ccccc4)c4cccc(F)c4NC3=O)n2n1. The zero-order chi connectivity index (χ0) is 29.6. The van der Waals surface area contributed by atoms with Crippen LogP contribution in [0.15, 0.2) is 84.1 Å². The molecule has 0 spiro atoms. The molecule has 1 aliphatic heterocycles. The van der Waals surface area contributed by atoms with Crippen LogP contribution in [0.3, 0.4) is 0 Å². The van der Waals surface area contributed by atoms with E-state index in [1.165, 1.54) is 16.6 Å². The smallest absolute Gasteiger partial charge is 0.321 e. The molecule has 1 aliphatic rings. The number of hydrogen-bond donors (Lipinski definition) is 2. The van der Waals surface area contributed by atoms with Crippen molar-refractivity contribution in [2.24, 2.45) is 4.99 Å². The van der Waals surface area contributed by atoms with Gasteiger partial charge in [0.15, 0.2) is 11.3 Å². The number of fused-ring (bicyclic) bond motifs is 2.